The van der Waals surface area contributed by atoms with Crippen LogP contribution in [0.25, 0.3) is 0 Å². The van der Waals surface area contributed by atoms with E-state index in [9.17, 15) is 9.59 Å². The number of piperazine rings is 1. The van der Waals surface area contributed by atoms with E-state index in [1.807, 2.05) is 41.1 Å². The van der Waals surface area contributed by atoms with Gasteiger partial charge in [-0.25, -0.2) is 15.2 Å². The Morgan fingerprint density at radius 1 is 1.02 bits per heavy atom. The van der Waals surface area contributed by atoms with E-state index in [1.54, 1.807) is 26.8 Å². The first-order chi connectivity index (χ1) is 19.6. The molecule has 1 aliphatic rings. The van der Waals surface area contributed by atoms with Crippen LogP contribution in [0.1, 0.15) is 12.8 Å². The Kier molecular flexibility index (Phi) is 10.6. The molecule has 0 bridgehead atoms. The van der Waals surface area contributed by atoms with Crippen molar-refractivity contribution in [1.29, 1.82) is 0 Å². The van der Waals surface area contributed by atoms with E-state index in [0.29, 0.717) is 25.5 Å². The minimum absolute atomic E-state index is 0.312. The molecule has 0 saturated carbocycles. The van der Waals surface area contributed by atoms with E-state index in [-0.39, 0.29) is 0 Å². The van der Waals surface area contributed by atoms with Crippen LogP contribution in [-0.4, -0.2) is 80.8 Å². The number of aromatic nitrogens is 3. The third-order valence-electron chi connectivity index (χ3n) is 6.98. The zero-order valence-corrected chi connectivity index (χ0v) is 23.1. The third-order valence-corrected chi connectivity index (χ3v) is 6.98. The number of urea groups is 1. The predicted molar refractivity (Wildman–Crippen MR) is 154 cm³/mol. The van der Waals surface area contributed by atoms with Gasteiger partial charge in [0.25, 0.3) is 0 Å². The van der Waals surface area contributed by atoms with Crippen LogP contribution in [0, 0.1) is 5.92 Å². The van der Waals surface area contributed by atoms with Gasteiger partial charge in [-0.15, -0.1) is 0 Å². The highest BCUT2D eigenvalue weighted by Gasteiger charge is 2.19. The molecule has 4 rings (SSSR count). The number of carbonyl (C=O) groups excluding carboxylic acids is 2. The summed E-state index contributed by atoms with van der Waals surface area (Å²) in [5.41, 5.74) is 7.48. The first kappa shape index (κ1) is 28.7. The Hall–Kier alpha value is -4.32. The van der Waals surface area contributed by atoms with Crippen molar-refractivity contribution in [3.05, 3.63) is 61.2 Å². The molecule has 0 spiro atoms. The number of hydrogen-bond acceptors (Lipinski definition) is 8. The van der Waals surface area contributed by atoms with Crippen molar-refractivity contribution in [3.63, 3.8) is 0 Å². The largest absolute Gasteiger partial charge is 0.493 e. The molecule has 2 N–H and O–H groups in total. The average molecular weight is 551 g/mol. The lowest BCUT2D eigenvalue weighted by atomic mass is 10.1. The lowest BCUT2D eigenvalue weighted by Gasteiger charge is -2.37. The van der Waals surface area contributed by atoms with Crippen molar-refractivity contribution < 1.29 is 19.1 Å². The van der Waals surface area contributed by atoms with Gasteiger partial charge in [0.2, 0.25) is 6.41 Å². The maximum atomic E-state index is 12.0. The molecule has 2 heterocycles. The van der Waals surface area contributed by atoms with Crippen LogP contribution in [0.15, 0.2) is 61.2 Å². The number of methoxy groups -OCH3 is 1. The summed E-state index contributed by atoms with van der Waals surface area (Å²) in [5.74, 6) is 1.17. The summed E-state index contributed by atoms with van der Waals surface area (Å²) >= 11 is 0. The molecule has 3 amide bonds. The van der Waals surface area contributed by atoms with Crippen molar-refractivity contribution in [1.82, 2.24) is 25.6 Å². The third kappa shape index (κ3) is 8.09. The van der Waals surface area contributed by atoms with E-state index in [4.69, 9.17) is 9.47 Å². The van der Waals surface area contributed by atoms with Gasteiger partial charge in [-0.3, -0.25) is 19.8 Å². The molecule has 1 saturated heterocycles. The van der Waals surface area contributed by atoms with Gasteiger partial charge in [0, 0.05) is 69.9 Å². The highest BCUT2D eigenvalue weighted by molar-refractivity contribution is 5.91. The second-order valence-electron chi connectivity index (χ2n) is 9.67. The number of benzene rings is 2. The summed E-state index contributed by atoms with van der Waals surface area (Å²) in [7, 11) is 3.37. The molecular formula is C28H38N8O4. The van der Waals surface area contributed by atoms with Crippen LogP contribution in [0.3, 0.4) is 0 Å². The van der Waals surface area contributed by atoms with Crippen molar-refractivity contribution in [2.45, 2.75) is 19.4 Å². The van der Waals surface area contributed by atoms with Gasteiger partial charge in [0.05, 0.1) is 13.2 Å². The van der Waals surface area contributed by atoms with E-state index in [0.717, 1.165) is 62.7 Å². The van der Waals surface area contributed by atoms with Crippen LogP contribution in [0.4, 0.5) is 21.9 Å². The Morgan fingerprint density at radius 2 is 1.68 bits per heavy atom. The maximum Gasteiger partial charge on any atom is 0.340 e. The minimum atomic E-state index is -0.418. The quantitative estimate of drug-likeness (QED) is 0.232. The maximum absolute atomic E-state index is 12.0. The molecule has 12 nitrogen and oxygen atoms in total. The Bertz CT molecular complexity index is 1170. The highest BCUT2D eigenvalue weighted by atomic mass is 16.5. The zero-order chi connectivity index (χ0) is 28.2. The summed E-state index contributed by atoms with van der Waals surface area (Å²) in [5, 5.41) is 4.15. The summed E-state index contributed by atoms with van der Waals surface area (Å²) in [4.78, 5) is 32.5. The lowest BCUT2D eigenvalue weighted by molar-refractivity contribution is -0.110. The first-order valence-corrected chi connectivity index (χ1v) is 13.4. The Labute approximate surface area is 234 Å². The monoisotopic (exact) mass is 550 g/mol. The zero-order valence-electron chi connectivity index (χ0n) is 23.1. The summed E-state index contributed by atoms with van der Waals surface area (Å²) < 4.78 is 13.3. The number of nitrogens with zero attached hydrogens (tertiary/aromatic N) is 6. The van der Waals surface area contributed by atoms with Crippen molar-refractivity contribution in [3.8, 4) is 5.75 Å². The molecule has 12 heteroatoms. The number of hydrogen-bond donors (Lipinski definition) is 2. The van der Waals surface area contributed by atoms with Crippen molar-refractivity contribution >= 4 is 29.5 Å². The van der Waals surface area contributed by atoms with Crippen LogP contribution >= 0.6 is 0 Å². The lowest BCUT2D eigenvalue weighted by Crippen LogP contribution is -2.46. The molecule has 0 radical (unpaired) electrons. The van der Waals surface area contributed by atoms with E-state index in [2.05, 4.69) is 42.9 Å². The Morgan fingerprint density at radius 3 is 2.25 bits per heavy atom. The fourth-order valence-electron chi connectivity index (χ4n) is 4.71. The standard InChI is InChI=1S/C28H38N8O4/c1-33(28(38)32-30-22-37)24-5-7-25(8-6-24)34-14-16-35(17-15-34)26-9-11-27(12-10-26)40-19-23(18-39-2)4-3-13-36-21-29-20-31-36/h5-12,20-23H,3-4,13-19H2,1-2H3,(H,30,37)(H,32,38)/t23-/m0/s1. The number of ether oxygens (including phenoxy) is 2. The fraction of sp³-hybridized carbons (Fsp3) is 0.429. The van der Waals surface area contributed by atoms with Crippen LogP contribution in [-0.2, 0) is 16.1 Å². The number of anilines is 3. The molecule has 1 atom stereocenters. The van der Waals surface area contributed by atoms with E-state index >= 15 is 0 Å². The topological polar surface area (TPSA) is 117 Å². The van der Waals surface area contributed by atoms with Gasteiger partial charge < -0.3 is 19.3 Å². The van der Waals surface area contributed by atoms with Crippen LogP contribution in [0.5, 0.6) is 5.75 Å². The van der Waals surface area contributed by atoms with E-state index < -0.39 is 6.03 Å². The molecule has 1 fully saturated rings. The number of hydrazine groups is 1. The van der Waals surface area contributed by atoms with Crippen LogP contribution in [0.2, 0.25) is 0 Å². The summed E-state index contributed by atoms with van der Waals surface area (Å²) in [6.45, 7) is 5.71. The SMILES string of the molecule is COC[C@H](CCCn1cncn1)COc1ccc(N2CCN(c3ccc(N(C)C(=O)NNC=O)cc3)CC2)cc1. The van der Waals surface area contributed by atoms with Gasteiger partial charge in [-0.05, 0) is 61.4 Å². The summed E-state index contributed by atoms with van der Waals surface area (Å²) in [6.07, 6.45) is 5.69. The van der Waals surface area contributed by atoms with Crippen molar-refractivity contribution in [2.24, 2.45) is 5.92 Å². The molecule has 0 aliphatic carbocycles. The average Bonchev–Trinajstić information content (AvgIpc) is 3.52. The first-order valence-electron chi connectivity index (χ1n) is 13.4. The normalized spacial score (nSPS) is 13.9. The molecule has 0 unspecified atom stereocenters. The highest BCUT2D eigenvalue weighted by Crippen LogP contribution is 2.25. The minimum Gasteiger partial charge on any atom is -0.493 e. The number of rotatable bonds is 14. The Balaban J connectivity index is 1.21. The van der Waals surface area contributed by atoms with Gasteiger partial charge in [-0.1, -0.05) is 0 Å². The van der Waals surface area contributed by atoms with Gasteiger partial charge >= 0.3 is 6.03 Å². The summed E-state index contributed by atoms with van der Waals surface area (Å²) in [6, 6.07) is 15.7. The number of aryl methyl sites for hydroxylation is 1. The molecule has 1 aliphatic heterocycles. The predicted octanol–water partition coefficient (Wildman–Crippen LogP) is 2.53. The number of amides is 3. The van der Waals surface area contributed by atoms with Gasteiger partial charge in [-0.2, -0.15) is 5.10 Å². The van der Waals surface area contributed by atoms with E-state index in [1.165, 1.54) is 10.6 Å². The second-order valence-corrected chi connectivity index (χ2v) is 9.67. The second kappa shape index (κ2) is 14.7. The van der Waals surface area contributed by atoms with Gasteiger partial charge in [0.15, 0.2) is 0 Å². The molecule has 40 heavy (non-hydrogen) atoms. The van der Waals surface area contributed by atoms with Crippen LogP contribution < -0.4 is 30.3 Å². The molecule has 3 aromatic rings. The number of nitrogens with one attached hydrogen (secondary N) is 2. The molecular weight excluding hydrogens is 512 g/mol. The number of carbonyl (C=O) groups is 2. The molecule has 2 aromatic carbocycles. The fourth-order valence-corrected chi connectivity index (χ4v) is 4.71. The molecule has 214 valence electrons. The van der Waals surface area contributed by atoms with Gasteiger partial charge in [0.1, 0.15) is 18.4 Å². The smallest absolute Gasteiger partial charge is 0.340 e. The molecule has 1 aromatic heterocycles. The van der Waals surface area contributed by atoms with Crippen molar-refractivity contribution in [2.75, 3.05) is 68.2 Å².